The molecule has 1 fully saturated rings. The van der Waals surface area contributed by atoms with Gasteiger partial charge in [0.2, 0.25) is 0 Å². The zero-order valence-electron chi connectivity index (χ0n) is 11.3. The van der Waals surface area contributed by atoms with Gasteiger partial charge in [0.05, 0.1) is 5.56 Å². The minimum atomic E-state index is -4.35. The van der Waals surface area contributed by atoms with Crippen molar-refractivity contribution in [2.75, 3.05) is 30.9 Å². The lowest BCUT2D eigenvalue weighted by molar-refractivity contribution is -0.137. The van der Waals surface area contributed by atoms with E-state index >= 15 is 0 Å². The summed E-state index contributed by atoms with van der Waals surface area (Å²) in [6.07, 6.45) is -3.21. The standard InChI is InChI=1S/C13H18F3N3/c1-8-4-9(8)7-19(3)12-6-10(13(14,15)16)5-11(17-2)18-12/h5-6,8-9H,4,7H2,1-3H3,(H,17,18). The molecule has 0 spiro atoms. The number of nitrogens with zero attached hydrogens (tertiary/aromatic N) is 2. The number of hydrogen-bond acceptors (Lipinski definition) is 3. The molecule has 0 saturated heterocycles. The van der Waals surface area contributed by atoms with Gasteiger partial charge in [0.25, 0.3) is 0 Å². The Bertz CT molecular complexity index is 459. The van der Waals surface area contributed by atoms with Gasteiger partial charge >= 0.3 is 6.18 Å². The number of aromatic nitrogens is 1. The van der Waals surface area contributed by atoms with Crippen LogP contribution in [0.2, 0.25) is 0 Å². The molecule has 1 aliphatic carbocycles. The zero-order chi connectivity index (χ0) is 14.2. The molecule has 2 atom stereocenters. The molecule has 0 radical (unpaired) electrons. The van der Waals surface area contributed by atoms with Crippen LogP contribution >= 0.6 is 0 Å². The Hall–Kier alpha value is -1.46. The highest BCUT2D eigenvalue weighted by molar-refractivity contribution is 5.50. The Morgan fingerprint density at radius 1 is 1.42 bits per heavy atom. The van der Waals surface area contributed by atoms with Crippen molar-refractivity contribution in [1.29, 1.82) is 0 Å². The summed E-state index contributed by atoms with van der Waals surface area (Å²) in [5.74, 6) is 1.83. The molecular weight excluding hydrogens is 255 g/mol. The highest BCUT2D eigenvalue weighted by atomic mass is 19.4. The molecule has 19 heavy (non-hydrogen) atoms. The molecule has 0 bridgehead atoms. The molecule has 2 rings (SSSR count). The maximum Gasteiger partial charge on any atom is 0.416 e. The lowest BCUT2D eigenvalue weighted by atomic mass is 10.2. The fourth-order valence-electron chi connectivity index (χ4n) is 2.10. The average Bonchev–Trinajstić information content (AvgIpc) is 3.03. The Morgan fingerprint density at radius 3 is 2.53 bits per heavy atom. The second-order valence-corrected chi connectivity index (χ2v) is 5.20. The largest absolute Gasteiger partial charge is 0.416 e. The first-order valence-corrected chi connectivity index (χ1v) is 6.29. The fraction of sp³-hybridized carbons (Fsp3) is 0.615. The van der Waals surface area contributed by atoms with Crippen LogP contribution in [0.25, 0.3) is 0 Å². The SMILES string of the molecule is CNc1cc(C(F)(F)F)cc(N(C)CC2CC2C)n1. The summed E-state index contributed by atoms with van der Waals surface area (Å²) in [7, 11) is 3.35. The number of anilines is 2. The maximum absolute atomic E-state index is 12.8. The molecule has 0 amide bonds. The molecule has 0 aromatic carbocycles. The molecule has 106 valence electrons. The highest BCUT2D eigenvalue weighted by Gasteiger charge is 2.35. The van der Waals surface area contributed by atoms with Gasteiger partial charge in [-0.1, -0.05) is 6.92 Å². The monoisotopic (exact) mass is 273 g/mol. The predicted octanol–water partition coefficient (Wildman–Crippen LogP) is 3.23. The van der Waals surface area contributed by atoms with Crippen molar-refractivity contribution in [2.45, 2.75) is 19.5 Å². The minimum Gasteiger partial charge on any atom is -0.373 e. The van der Waals surface area contributed by atoms with Crippen molar-refractivity contribution >= 4 is 11.6 Å². The van der Waals surface area contributed by atoms with Crippen molar-refractivity contribution in [3.05, 3.63) is 17.7 Å². The third-order valence-corrected chi connectivity index (χ3v) is 3.57. The van der Waals surface area contributed by atoms with Gasteiger partial charge in [-0.05, 0) is 30.4 Å². The van der Waals surface area contributed by atoms with E-state index in [9.17, 15) is 13.2 Å². The van der Waals surface area contributed by atoms with E-state index in [0.29, 0.717) is 17.7 Å². The predicted molar refractivity (Wildman–Crippen MR) is 69.3 cm³/mol. The molecule has 3 nitrogen and oxygen atoms in total. The molecular formula is C13H18F3N3. The van der Waals surface area contributed by atoms with E-state index in [1.165, 1.54) is 0 Å². The Balaban J connectivity index is 2.23. The van der Waals surface area contributed by atoms with Gasteiger partial charge in [0, 0.05) is 20.6 Å². The van der Waals surface area contributed by atoms with Gasteiger partial charge in [0.1, 0.15) is 11.6 Å². The van der Waals surface area contributed by atoms with Gasteiger partial charge in [-0.25, -0.2) is 4.98 Å². The molecule has 1 saturated carbocycles. The van der Waals surface area contributed by atoms with E-state index in [4.69, 9.17) is 0 Å². The molecule has 0 aliphatic heterocycles. The lowest BCUT2D eigenvalue weighted by Crippen LogP contribution is -2.22. The van der Waals surface area contributed by atoms with Crippen LogP contribution in [0.1, 0.15) is 18.9 Å². The molecule has 2 unspecified atom stereocenters. The van der Waals surface area contributed by atoms with Gasteiger partial charge in [-0.2, -0.15) is 13.2 Å². The van der Waals surface area contributed by atoms with Crippen molar-refractivity contribution in [2.24, 2.45) is 11.8 Å². The van der Waals surface area contributed by atoms with Crippen LogP contribution in [0, 0.1) is 11.8 Å². The highest BCUT2D eigenvalue weighted by Crippen LogP contribution is 2.39. The van der Waals surface area contributed by atoms with Gasteiger partial charge < -0.3 is 10.2 Å². The van der Waals surface area contributed by atoms with E-state index < -0.39 is 11.7 Å². The zero-order valence-corrected chi connectivity index (χ0v) is 11.3. The van der Waals surface area contributed by atoms with E-state index in [1.54, 1.807) is 19.0 Å². The van der Waals surface area contributed by atoms with Crippen LogP contribution < -0.4 is 10.2 Å². The van der Waals surface area contributed by atoms with Crippen LogP contribution in [0.3, 0.4) is 0 Å². The number of rotatable bonds is 4. The Kier molecular flexibility index (Phi) is 3.60. The average molecular weight is 273 g/mol. The van der Waals surface area contributed by atoms with Gasteiger partial charge in [-0.3, -0.25) is 0 Å². The normalized spacial score (nSPS) is 22.2. The first-order valence-electron chi connectivity index (χ1n) is 6.29. The summed E-state index contributed by atoms with van der Waals surface area (Å²) in [6, 6.07) is 2.13. The minimum absolute atomic E-state index is 0.237. The summed E-state index contributed by atoms with van der Waals surface area (Å²) in [5, 5.41) is 2.67. The van der Waals surface area contributed by atoms with Gasteiger partial charge in [-0.15, -0.1) is 0 Å². The van der Waals surface area contributed by atoms with Crippen molar-refractivity contribution in [3.63, 3.8) is 0 Å². The van der Waals surface area contributed by atoms with Crippen LogP contribution in [0.4, 0.5) is 24.8 Å². The van der Waals surface area contributed by atoms with E-state index in [0.717, 1.165) is 25.1 Å². The smallest absolute Gasteiger partial charge is 0.373 e. The van der Waals surface area contributed by atoms with Gasteiger partial charge in [0.15, 0.2) is 0 Å². The summed E-state index contributed by atoms with van der Waals surface area (Å²) in [6.45, 7) is 2.90. The number of hydrogen-bond donors (Lipinski definition) is 1. The van der Waals surface area contributed by atoms with E-state index in [2.05, 4.69) is 17.2 Å². The second kappa shape index (κ2) is 4.90. The third-order valence-electron chi connectivity index (χ3n) is 3.57. The Labute approximate surface area is 110 Å². The molecule has 1 aromatic rings. The van der Waals surface area contributed by atoms with Crippen molar-refractivity contribution < 1.29 is 13.2 Å². The summed E-state index contributed by atoms with van der Waals surface area (Å²) >= 11 is 0. The topological polar surface area (TPSA) is 28.2 Å². The van der Waals surface area contributed by atoms with E-state index in [-0.39, 0.29) is 5.82 Å². The van der Waals surface area contributed by atoms with E-state index in [1.807, 2.05) is 0 Å². The summed E-state index contributed by atoms with van der Waals surface area (Å²) < 4.78 is 38.4. The first-order chi connectivity index (χ1) is 8.81. The summed E-state index contributed by atoms with van der Waals surface area (Å²) in [5.41, 5.74) is -0.669. The quantitative estimate of drug-likeness (QED) is 0.913. The number of nitrogens with one attached hydrogen (secondary N) is 1. The number of alkyl halides is 3. The third kappa shape index (κ3) is 3.30. The lowest BCUT2D eigenvalue weighted by Gasteiger charge is -2.20. The van der Waals surface area contributed by atoms with Crippen LogP contribution in [-0.2, 0) is 6.18 Å². The van der Waals surface area contributed by atoms with Crippen LogP contribution in [-0.4, -0.2) is 25.6 Å². The van der Waals surface area contributed by atoms with Crippen molar-refractivity contribution in [1.82, 2.24) is 4.98 Å². The first kappa shape index (κ1) is 14.0. The van der Waals surface area contributed by atoms with Crippen LogP contribution in [0.15, 0.2) is 12.1 Å². The Morgan fingerprint density at radius 2 is 2.05 bits per heavy atom. The maximum atomic E-state index is 12.8. The molecule has 1 aliphatic rings. The number of halogens is 3. The molecule has 1 N–H and O–H groups in total. The van der Waals surface area contributed by atoms with Crippen molar-refractivity contribution in [3.8, 4) is 0 Å². The fourth-order valence-corrected chi connectivity index (χ4v) is 2.10. The molecule has 1 aromatic heterocycles. The van der Waals surface area contributed by atoms with Crippen LogP contribution in [0.5, 0.6) is 0 Å². The second-order valence-electron chi connectivity index (χ2n) is 5.20. The molecule has 6 heteroatoms. The molecule has 1 heterocycles. The summed E-state index contributed by atoms with van der Waals surface area (Å²) in [4.78, 5) is 5.98. The number of pyridine rings is 1.